The molecule has 1 unspecified atom stereocenters. The molecule has 1 atom stereocenters. The van der Waals surface area contributed by atoms with Crippen LogP contribution in [0.15, 0.2) is 34.4 Å². The number of rotatable bonds is 7. The molecule has 1 aromatic carbocycles. The van der Waals surface area contributed by atoms with Crippen molar-refractivity contribution < 1.29 is 18.0 Å². The van der Waals surface area contributed by atoms with Gasteiger partial charge in [0.05, 0.1) is 11.6 Å². The lowest BCUT2D eigenvalue weighted by Gasteiger charge is -2.22. The van der Waals surface area contributed by atoms with Crippen LogP contribution in [0.3, 0.4) is 0 Å². The number of halogens is 3. The third-order valence-electron chi connectivity index (χ3n) is 4.20. The molecule has 0 saturated heterocycles. The Labute approximate surface area is 160 Å². The first-order valence-corrected chi connectivity index (χ1v) is 9.57. The van der Waals surface area contributed by atoms with E-state index in [2.05, 4.69) is 5.32 Å². The zero-order chi connectivity index (χ0) is 20.2. The summed E-state index contributed by atoms with van der Waals surface area (Å²) in [7, 11) is 0. The average molecular weight is 400 g/mol. The first-order chi connectivity index (χ1) is 12.6. The molecular weight excluding hydrogens is 377 g/mol. The SMILES string of the molecule is Cc1csc(=O)n1CCC(=O)NC(CC(C)C)c1cccc(C(F)(F)F)c1. The van der Waals surface area contributed by atoms with Crippen LogP contribution in [0.1, 0.15) is 49.6 Å². The van der Waals surface area contributed by atoms with Crippen LogP contribution in [-0.4, -0.2) is 10.5 Å². The number of benzene rings is 1. The van der Waals surface area contributed by atoms with Gasteiger partial charge in [0.15, 0.2) is 0 Å². The number of nitrogens with one attached hydrogen (secondary N) is 1. The van der Waals surface area contributed by atoms with Crippen LogP contribution in [0.5, 0.6) is 0 Å². The second-order valence-electron chi connectivity index (χ2n) is 6.92. The Bertz CT molecular complexity index is 840. The predicted octanol–water partition coefficient (Wildman–Crippen LogP) is 4.53. The molecule has 1 amide bonds. The van der Waals surface area contributed by atoms with Crippen LogP contribution >= 0.6 is 11.3 Å². The highest BCUT2D eigenvalue weighted by molar-refractivity contribution is 7.07. The van der Waals surface area contributed by atoms with Gasteiger partial charge in [0.2, 0.25) is 5.91 Å². The molecule has 1 N–H and O–H groups in total. The van der Waals surface area contributed by atoms with Crippen molar-refractivity contribution in [3.05, 3.63) is 56.1 Å². The highest BCUT2D eigenvalue weighted by Gasteiger charge is 2.31. The quantitative estimate of drug-likeness (QED) is 0.742. The standard InChI is InChI=1S/C19H23F3N2O2S/c1-12(2)9-16(14-5-4-6-15(10-14)19(20,21)22)23-17(25)7-8-24-13(3)11-27-18(24)26/h4-6,10-12,16H,7-9H2,1-3H3,(H,23,25). The molecule has 27 heavy (non-hydrogen) atoms. The molecule has 2 rings (SSSR count). The summed E-state index contributed by atoms with van der Waals surface area (Å²) in [5.41, 5.74) is 0.480. The summed E-state index contributed by atoms with van der Waals surface area (Å²) in [6.45, 7) is 5.93. The fourth-order valence-corrected chi connectivity index (χ4v) is 3.60. The van der Waals surface area contributed by atoms with Crippen molar-refractivity contribution in [2.45, 2.75) is 52.4 Å². The number of carbonyl (C=O) groups excluding carboxylic acids is 1. The molecule has 1 heterocycles. The van der Waals surface area contributed by atoms with E-state index in [-0.39, 0.29) is 29.7 Å². The predicted molar refractivity (Wildman–Crippen MR) is 99.7 cm³/mol. The number of aryl methyl sites for hydroxylation is 1. The molecule has 2 aromatic rings. The van der Waals surface area contributed by atoms with E-state index in [4.69, 9.17) is 0 Å². The minimum absolute atomic E-state index is 0.0883. The van der Waals surface area contributed by atoms with Crippen LogP contribution < -0.4 is 10.2 Å². The molecule has 8 heteroatoms. The van der Waals surface area contributed by atoms with Gasteiger partial charge in [-0.25, -0.2) is 0 Å². The first-order valence-electron chi connectivity index (χ1n) is 8.69. The summed E-state index contributed by atoms with van der Waals surface area (Å²) in [6.07, 6.45) is -3.82. The summed E-state index contributed by atoms with van der Waals surface area (Å²) in [4.78, 5) is 24.0. The third-order valence-corrected chi connectivity index (χ3v) is 5.08. The number of hydrogen-bond donors (Lipinski definition) is 1. The number of aromatic nitrogens is 1. The second kappa shape index (κ2) is 8.73. The smallest absolute Gasteiger partial charge is 0.349 e. The van der Waals surface area contributed by atoms with E-state index in [1.807, 2.05) is 13.8 Å². The van der Waals surface area contributed by atoms with Crippen LogP contribution in [-0.2, 0) is 17.5 Å². The third kappa shape index (κ3) is 5.95. The van der Waals surface area contributed by atoms with Crippen molar-refractivity contribution >= 4 is 17.2 Å². The van der Waals surface area contributed by atoms with E-state index in [1.165, 1.54) is 10.6 Å². The Kier molecular flexibility index (Phi) is 6.86. The minimum atomic E-state index is -4.43. The van der Waals surface area contributed by atoms with Crippen LogP contribution in [0, 0.1) is 12.8 Å². The van der Waals surface area contributed by atoms with Crippen molar-refractivity contribution in [1.29, 1.82) is 0 Å². The molecule has 148 valence electrons. The number of amides is 1. The van der Waals surface area contributed by atoms with E-state index >= 15 is 0 Å². The first kappa shape index (κ1) is 21.2. The van der Waals surface area contributed by atoms with E-state index in [1.54, 1.807) is 18.4 Å². The maximum absolute atomic E-state index is 13.0. The highest BCUT2D eigenvalue weighted by Crippen LogP contribution is 2.32. The van der Waals surface area contributed by atoms with Crippen molar-refractivity contribution in [2.24, 2.45) is 5.92 Å². The summed E-state index contributed by atoms with van der Waals surface area (Å²) in [5.74, 6) is -0.109. The molecule has 4 nitrogen and oxygen atoms in total. The number of nitrogens with zero attached hydrogens (tertiary/aromatic N) is 1. The largest absolute Gasteiger partial charge is 0.416 e. The summed E-state index contributed by atoms with van der Waals surface area (Å²) >= 11 is 1.07. The van der Waals surface area contributed by atoms with Gasteiger partial charge in [0.25, 0.3) is 0 Å². The Morgan fingerprint density at radius 1 is 1.30 bits per heavy atom. The number of carbonyl (C=O) groups is 1. The lowest BCUT2D eigenvalue weighted by atomic mass is 9.95. The Morgan fingerprint density at radius 2 is 2.00 bits per heavy atom. The van der Waals surface area contributed by atoms with Gasteiger partial charge in [0, 0.05) is 24.0 Å². The maximum Gasteiger partial charge on any atom is 0.416 e. The number of alkyl halides is 3. The topological polar surface area (TPSA) is 51.1 Å². The average Bonchev–Trinajstić information content (AvgIpc) is 2.89. The number of thiazole rings is 1. The van der Waals surface area contributed by atoms with E-state index in [0.29, 0.717) is 12.0 Å². The van der Waals surface area contributed by atoms with Crippen molar-refractivity contribution in [2.75, 3.05) is 0 Å². The molecule has 0 radical (unpaired) electrons. The van der Waals surface area contributed by atoms with Crippen LogP contribution in [0.25, 0.3) is 0 Å². The molecule has 1 aromatic heterocycles. The molecule has 0 aliphatic heterocycles. The number of hydrogen-bond acceptors (Lipinski definition) is 3. The van der Waals surface area contributed by atoms with E-state index in [0.717, 1.165) is 29.2 Å². The van der Waals surface area contributed by atoms with Gasteiger partial charge in [-0.15, -0.1) is 0 Å². The summed E-state index contributed by atoms with van der Waals surface area (Å²) < 4.78 is 40.5. The van der Waals surface area contributed by atoms with Gasteiger partial charge >= 0.3 is 11.0 Å². The Balaban J connectivity index is 2.12. The van der Waals surface area contributed by atoms with Gasteiger partial charge in [-0.05, 0) is 37.0 Å². The maximum atomic E-state index is 13.0. The normalized spacial score (nSPS) is 13.0. The summed E-state index contributed by atoms with van der Waals surface area (Å²) in [6, 6.07) is 4.53. The summed E-state index contributed by atoms with van der Waals surface area (Å²) in [5, 5.41) is 4.55. The molecular formula is C19H23F3N2O2S. The molecule has 0 saturated carbocycles. The Morgan fingerprint density at radius 3 is 2.56 bits per heavy atom. The van der Waals surface area contributed by atoms with Gasteiger partial charge in [-0.1, -0.05) is 37.3 Å². The Hall–Kier alpha value is -2.09. The lowest BCUT2D eigenvalue weighted by molar-refractivity contribution is -0.137. The molecule has 0 bridgehead atoms. The van der Waals surface area contributed by atoms with Crippen LogP contribution in [0.4, 0.5) is 13.2 Å². The zero-order valence-electron chi connectivity index (χ0n) is 15.5. The van der Waals surface area contributed by atoms with Crippen molar-refractivity contribution in [3.63, 3.8) is 0 Å². The molecule has 0 aliphatic carbocycles. The van der Waals surface area contributed by atoms with Gasteiger partial charge in [0.1, 0.15) is 0 Å². The fraction of sp³-hybridized carbons (Fsp3) is 0.474. The molecule has 0 aliphatic rings. The van der Waals surface area contributed by atoms with Crippen molar-refractivity contribution in [3.8, 4) is 0 Å². The molecule has 0 spiro atoms. The zero-order valence-corrected chi connectivity index (χ0v) is 16.3. The van der Waals surface area contributed by atoms with E-state index < -0.39 is 17.8 Å². The van der Waals surface area contributed by atoms with Gasteiger partial charge < -0.3 is 9.88 Å². The fourth-order valence-electron chi connectivity index (χ4n) is 2.84. The second-order valence-corrected chi connectivity index (χ2v) is 7.74. The monoisotopic (exact) mass is 400 g/mol. The molecule has 0 fully saturated rings. The van der Waals surface area contributed by atoms with Crippen LogP contribution in [0.2, 0.25) is 0 Å². The van der Waals surface area contributed by atoms with Crippen molar-refractivity contribution in [1.82, 2.24) is 9.88 Å². The minimum Gasteiger partial charge on any atom is -0.349 e. The lowest BCUT2D eigenvalue weighted by Crippen LogP contribution is -2.31. The highest BCUT2D eigenvalue weighted by atomic mass is 32.1. The van der Waals surface area contributed by atoms with E-state index in [9.17, 15) is 22.8 Å². The van der Waals surface area contributed by atoms with Gasteiger partial charge in [-0.3, -0.25) is 9.59 Å². The van der Waals surface area contributed by atoms with Gasteiger partial charge in [-0.2, -0.15) is 13.2 Å².